The summed E-state index contributed by atoms with van der Waals surface area (Å²) >= 11 is 0. The van der Waals surface area contributed by atoms with Crippen molar-refractivity contribution in [2.45, 2.75) is 36.8 Å². The monoisotopic (exact) mass is 420 g/mol. The minimum Gasteiger partial charge on any atom is -0.438 e. The standard InChI is InChI=1S/C16H24N4O5S.ClH/c17-12-3-1-2-11(10-12)16(22)19-6-8-20(9-7-19)26(23,24)14-5-4-13(25-14)15(18)21;/h4-5,11-12H,1-3,6-10,17H2,(H2,18,21);1H. The van der Waals surface area contributed by atoms with E-state index in [2.05, 4.69) is 0 Å². The minimum atomic E-state index is -3.86. The van der Waals surface area contributed by atoms with Crippen LogP contribution in [0.1, 0.15) is 36.2 Å². The molecule has 11 heteroatoms. The number of furan rings is 1. The quantitative estimate of drug-likeness (QED) is 0.710. The van der Waals surface area contributed by atoms with Crippen LogP contribution in [0.2, 0.25) is 0 Å². The van der Waals surface area contributed by atoms with Crippen LogP contribution in [0.5, 0.6) is 0 Å². The number of halogens is 1. The minimum absolute atomic E-state index is 0. The van der Waals surface area contributed by atoms with Crippen molar-refractivity contribution in [3.63, 3.8) is 0 Å². The highest BCUT2D eigenvalue weighted by Gasteiger charge is 2.35. The number of sulfonamides is 1. The summed E-state index contributed by atoms with van der Waals surface area (Å²) in [7, 11) is -3.86. The predicted octanol–water partition coefficient (Wildman–Crippen LogP) is 0.151. The first-order chi connectivity index (χ1) is 12.3. The molecular weight excluding hydrogens is 396 g/mol. The third-order valence-corrected chi connectivity index (χ3v) is 6.81. The van der Waals surface area contributed by atoms with Crippen LogP contribution in [0.25, 0.3) is 0 Å². The van der Waals surface area contributed by atoms with Gasteiger partial charge in [0.25, 0.3) is 15.9 Å². The van der Waals surface area contributed by atoms with Crippen LogP contribution < -0.4 is 11.5 Å². The number of amides is 2. The summed E-state index contributed by atoms with van der Waals surface area (Å²) in [5, 5.41) is -0.315. The maximum atomic E-state index is 12.6. The van der Waals surface area contributed by atoms with E-state index in [1.54, 1.807) is 4.90 Å². The average molecular weight is 421 g/mol. The first-order valence-electron chi connectivity index (χ1n) is 8.73. The Hall–Kier alpha value is -1.62. The molecule has 2 unspecified atom stereocenters. The zero-order valence-electron chi connectivity index (χ0n) is 14.9. The molecule has 0 radical (unpaired) electrons. The number of primary amides is 1. The van der Waals surface area contributed by atoms with E-state index >= 15 is 0 Å². The van der Waals surface area contributed by atoms with E-state index in [9.17, 15) is 18.0 Å². The van der Waals surface area contributed by atoms with Gasteiger partial charge in [0.2, 0.25) is 11.0 Å². The zero-order chi connectivity index (χ0) is 18.9. The van der Waals surface area contributed by atoms with Crippen molar-refractivity contribution in [3.8, 4) is 0 Å². The van der Waals surface area contributed by atoms with Gasteiger partial charge in [-0.3, -0.25) is 9.59 Å². The van der Waals surface area contributed by atoms with Crippen molar-refractivity contribution < 1.29 is 22.4 Å². The summed E-state index contributed by atoms with van der Waals surface area (Å²) in [5.74, 6) is -1.03. The largest absolute Gasteiger partial charge is 0.438 e. The Morgan fingerprint density at radius 1 is 1.11 bits per heavy atom. The first kappa shape index (κ1) is 21.7. The van der Waals surface area contributed by atoms with E-state index < -0.39 is 15.9 Å². The Labute approximate surface area is 164 Å². The number of nitrogens with two attached hydrogens (primary N) is 2. The van der Waals surface area contributed by atoms with Gasteiger partial charge in [-0.1, -0.05) is 6.42 Å². The number of carbonyl (C=O) groups is 2. The summed E-state index contributed by atoms with van der Waals surface area (Å²) in [6, 6.07) is 2.52. The van der Waals surface area contributed by atoms with Gasteiger partial charge in [-0.15, -0.1) is 12.4 Å². The molecule has 2 aliphatic rings. The molecule has 2 atom stereocenters. The Balaban J connectivity index is 0.00000261. The van der Waals surface area contributed by atoms with Crippen molar-refractivity contribution >= 4 is 34.2 Å². The number of hydrogen-bond donors (Lipinski definition) is 2. The fourth-order valence-corrected chi connectivity index (χ4v) is 4.91. The van der Waals surface area contributed by atoms with Gasteiger partial charge in [0, 0.05) is 38.1 Å². The van der Waals surface area contributed by atoms with Gasteiger partial charge in [-0.2, -0.15) is 4.31 Å². The maximum absolute atomic E-state index is 12.6. The number of piperazine rings is 1. The molecule has 1 saturated carbocycles. The van der Waals surface area contributed by atoms with Crippen LogP contribution in [0.4, 0.5) is 0 Å². The van der Waals surface area contributed by atoms with Crippen LogP contribution in [0, 0.1) is 5.92 Å². The van der Waals surface area contributed by atoms with E-state index in [1.165, 1.54) is 16.4 Å². The van der Waals surface area contributed by atoms with Crippen molar-refractivity contribution in [1.82, 2.24) is 9.21 Å². The lowest BCUT2D eigenvalue weighted by molar-refractivity contribution is -0.137. The highest BCUT2D eigenvalue weighted by Crippen LogP contribution is 2.26. The van der Waals surface area contributed by atoms with E-state index in [0.29, 0.717) is 19.5 Å². The molecule has 2 amide bonds. The molecule has 3 rings (SSSR count). The summed E-state index contributed by atoms with van der Waals surface area (Å²) < 4.78 is 31.5. The molecule has 2 heterocycles. The van der Waals surface area contributed by atoms with E-state index in [1.807, 2.05) is 0 Å². The van der Waals surface area contributed by atoms with E-state index in [0.717, 1.165) is 19.3 Å². The molecule has 1 saturated heterocycles. The molecule has 2 fully saturated rings. The smallest absolute Gasteiger partial charge is 0.284 e. The summed E-state index contributed by atoms with van der Waals surface area (Å²) in [6.45, 7) is 1.01. The van der Waals surface area contributed by atoms with Crippen LogP contribution in [-0.4, -0.2) is 61.7 Å². The highest BCUT2D eigenvalue weighted by molar-refractivity contribution is 7.89. The van der Waals surface area contributed by atoms with E-state index in [-0.39, 0.29) is 54.2 Å². The van der Waals surface area contributed by atoms with Gasteiger partial charge in [-0.05, 0) is 31.4 Å². The molecule has 1 aromatic rings. The predicted molar refractivity (Wildman–Crippen MR) is 99.7 cm³/mol. The van der Waals surface area contributed by atoms with Crippen LogP contribution in [-0.2, 0) is 14.8 Å². The zero-order valence-corrected chi connectivity index (χ0v) is 16.5. The Morgan fingerprint density at radius 3 is 2.33 bits per heavy atom. The molecule has 0 aromatic carbocycles. The van der Waals surface area contributed by atoms with Crippen LogP contribution in [0.15, 0.2) is 21.6 Å². The number of rotatable bonds is 4. The van der Waals surface area contributed by atoms with Gasteiger partial charge in [-0.25, -0.2) is 8.42 Å². The normalized spacial score (nSPS) is 24.3. The molecular formula is C16H25ClN4O5S. The molecule has 152 valence electrons. The van der Waals surface area contributed by atoms with Crippen molar-refractivity contribution in [2.24, 2.45) is 17.4 Å². The van der Waals surface area contributed by atoms with Crippen LogP contribution >= 0.6 is 12.4 Å². The Kier molecular flexibility index (Phi) is 6.90. The summed E-state index contributed by atoms with van der Waals surface area (Å²) in [5.41, 5.74) is 11.0. The van der Waals surface area contributed by atoms with Crippen molar-refractivity contribution in [1.29, 1.82) is 0 Å². The number of carbonyl (C=O) groups excluding carboxylic acids is 2. The lowest BCUT2D eigenvalue weighted by Gasteiger charge is -2.36. The maximum Gasteiger partial charge on any atom is 0.284 e. The SMILES string of the molecule is Cl.NC(=O)c1ccc(S(=O)(=O)N2CCN(C(=O)C3CCCC(N)C3)CC2)o1. The second-order valence-corrected chi connectivity index (χ2v) is 8.70. The van der Waals surface area contributed by atoms with Gasteiger partial charge in [0.15, 0.2) is 5.76 Å². The number of hydrogen-bond acceptors (Lipinski definition) is 6. The first-order valence-corrected chi connectivity index (χ1v) is 10.2. The highest BCUT2D eigenvalue weighted by atomic mass is 35.5. The lowest BCUT2D eigenvalue weighted by Crippen LogP contribution is -2.52. The lowest BCUT2D eigenvalue weighted by atomic mass is 9.85. The molecule has 27 heavy (non-hydrogen) atoms. The molecule has 0 bridgehead atoms. The molecule has 1 aromatic heterocycles. The topological polar surface area (TPSA) is 140 Å². The fourth-order valence-electron chi connectivity index (χ4n) is 3.58. The molecule has 9 nitrogen and oxygen atoms in total. The third-order valence-electron chi connectivity index (χ3n) is 5.03. The average Bonchev–Trinajstić information content (AvgIpc) is 3.12. The summed E-state index contributed by atoms with van der Waals surface area (Å²) in [6.07, 6.45) is 3.44. The van der Waals surface area contributed by atoms with Crippen LogP contribution in [0.3, 0.4) is 0 Å². The summed E-state index contributed by atoms with van der Waals surface area (Å²) in [4.78, 5) is 25.4. The molecule has 1 aliphatic heterocycles. The van der Waals surface area contributed by atoms with Gasteiger partial charge < -0.3 is 20.8 Å². The van der Waals surface area contributed by atoms with E-state index in [4.69, 9.17) is 15.9 Å². The third kappa shape index (κ3) is 4.63. The Morgan fingerprint density at radius 2 is 1.78 bits per heavy atom. The van der Waals surface area contributed by atoms with Gasteiger partial charge in [0.05, 0.1) is 0 Å². The second-order valence-electron chi connectivity index (χ2n) is 6.84. The van der Waals surface area contributed by atoms with Crippen molar-refractivity contribution in [3.05, 3.63) is 17.9 Å². The van der Waals surface area contributed by atoms with Crippen molar-refractivity contribution in [2.75, 3.05) is 26.2 Å². The molecule has 4 N–H and O–H groups in total. The molecule has 1 aliphatic carbocycles. The van der Waals surface area contributed by atoms with Gasteiger partial charge >= 0.3 is 0 Å². The molecule has 0 spiro atoms. The second kappa shape index (κ2) is 8.59. The Bertz CT molecular complexity index is 788. The number of nitrogens with zero attached hydrogens (tertiary/aromatic N) is 2. The fraction of sp³-hybridized carbons (Fsp3) is 0.625. The van der Waals surface area contributed by atoms with Gasteiger partial charge in [0.1, 0.15) is 0 Å².